The van der Waals surface area contributed by atoms with Crippen molar-refractivity contribution in [2.75, 3.05) is 18.0 Å². The Bertz CT molecular complexity index is 816. The highest BCUT2D eigenvalue weighted by Crippen LogP contribution is 2.39. The molecule has 0 N–H and O–H groups in total. The minimum Gasteiger partial charge on any atom is -0.354 e. The van der Waals surface area contributed by atoms with Gasteiger partial charge in [0.05, 0.1) is 23.6 Å². The van der Waals surface area contributed by atoms with E-state index in [0.29, 0.717) is 11.8 Å². The molecule has 5 rings (SSSR count). The zero-order valence-electron chi connectivity index (χ0n) is 12.7. The fraction of sp³-hybridized carbons (Fsp3) is 0.533. The summed E-state index contributed by atoms with van der Waals surface area (Å²) in [6.45, 7) is 1.96. The number of rotatable bonds is 3. The minimum absolute atomic E-state index is 0.412. The number of fused-ring (bicyclic) bond motifs is 1. The Hall–Kier alpha value is -2.09. The molecule has 23 heavy (non-hydrogen) atoms. The maximum absolute atomic E-state index is 4.80. The number of aromatic nitrogens is 6. The van der Waals surface area contributed by atoms with Gasteiger partial charge in [-0.1, -0.05) is 0 Å². The van der Waals surface area contributed by atoms with Gasteiger partial charge in [-0.05, 0) is 37.8 Å². The van der Waals surface area contributed by atoms with Crippen molar-refractivity contribution in [2.45, 2.75) is 37.5 Å². The molecule has 0 spiro atoms. The van der Waals surface area contributed by atoms with E-state index in [9.17, 15) is 0 Å². The van der Waals surface area contributed by atoms with Crippen LogP contribution < -0.4 is 4.90 Å². The van der Waals surface area contributed by atoms with E-state index in [4.69, 9.17) is 5.10 Å². The maximum atomic E-state index is 4.80. The average molecular weight is 327 g/mol. The largest absolute Gasteiger partial charge is 0.354 e. The van der Waals surface area contributed by atoms with Crippen molar-refractivity contribution in [2.24, 2.45) is 0 Å². The van der Waals surface area contributed by atoms with E-state index in [-0.39, 0.29) is 0 Å². The van der Waals surface area contributed by atoms with Crippen molar-refractivity contribution in [3.8, 4) is 0 Å². The summed E-state index contributed by atoms with van der Waals surface area (Å²) in [5.74, 6) is 3.07. The van der Waals surface area contributed by atoms with Crippen molar-refractivity contribution >= 4 is 23.2 Å². The maximum Gasteiger partial charge on any atom is 0.177 e. The standard InChI is InChI=1S/C15H17N7S/c1-2-10(1)12-3-4-13-17-18-15(22(13)19-12)11-5-7-21(8-6-11)14-9-16-23-20-14/h3-4,9-11H,1-2,5-8H2. The van der Waals surface area contributed by atoms with Crippen LogP contribution >= 0.6 is 11.7 Å². The van der Waals surface area contributed by atoms with E-state index in [0.717, 1.165) is 43.2 Å². The molecule has 1 aliphatic carbocycles. The molecule has 3 aromatic heterocycles. The Morgan fingerprint density at radius 2 is 1.87 bits per heavy atom. The Morgan fingerprint density at radius 1 is 1.00 bits per heavy atom. The van der Waals surface area contributed by atoms with Gasteiger partial charge in [-0.15, -0.1) is 10.2 Å². The fourth-order valence-electron chi connectivity index (χ4n) is 3.34. The molecule has 8 heteroatoms. The Labute approximate surface area is 137 Å². The molecule has 0 aromatic carbocycles. The number of piperidine rings is 1. The first kappa shape index (κ1) is 13.4. The quantitative estimate of drug-likeness (QED) is 0.734. The summed E-state index contributed by atoms with van der Waals surface area (Å²) in [7, 11) is 0. The van der Waals surface area contributed by atoms with Crippen LogP contribution in [-0.4, -0.2) is 41.6 Å². The average Bonchev–Trinajstić information content (AvgIpc) is 3.14. The fourth-order valence-corrected chi connectivity index (χ4v) is 3.77. The van der Waals surface area contributed by atoms with Gasteiger partial charge >= 0.3 is 0 Å². The lowest BCUT2D eigenvalue weighted by molar-refractivity contribution is 0.475. The van der Waals surface area contributed by atoms with Crippen LogP contribution in [0.5, 0.6) is 0 Å². The molecule has 1 saturated heterocycles. The zero-order chi connectivity index (χ0) is 15.2. The predicted octanol–water partition coefficient (Wildman–Crippen LogP) is 2.24. The lowest BCUT2D eigenvalue weighted by Crippen LogP contribution is -2.33. The second-order valence-corrected chi connectivity index (χ2v) is 6.94. The van der Waals surface area contributed by atoms with Crippen molar-refractivity contribution in [1.29, 1.82) is 0 Å². The first-order valence-electron chi connectivity index (χ1n) is 8.13. The summed E-state index contributed by atoms with van der Waals surface area (Å²) < 4.78 is 10.4. The summed E-state index contributed by atoms with van der Waals surface area (Å²) in [5, 5.41) is 13.5. The molecule has 3 aromatic rings. The van der Waals surface area contributed by atoms with Gasteiger partial charge in [0, 0.05) is 24.9 Å². The molecule has 0 amide bonds. The van der Waals surface area contributed by atoms with Gasteiger partial charge in [-0.25, -0.2) is 0 Å². The van der Waals surface area contributed by atoms with Crippen LogP contribution in [0, 0.1) is 0 Å². The predicted molar refractivity (Wildman–Crippen MR) is 86.9 cm³/mol. The number of nitrogens with zero attached hydrogens (tertiary/aromatic N) is 7. The van der Waals surface area contributed by atoms with Crippen LogP contribution in [0.4, 0.5) is 5.82 Å². The van der Waals surface area contributed by atoms with E-state index in [2.05, 4.69) is 29.9 Å². The Kier molecular flexibility index (Phi) is 3.04. The normalized spacial score (nSPS) is 19.6. The SMILES string of the molecule is c1cc2nnc(C3CCN(c4cnsn4)CC3)n2nc1C1CC1. The lowest BCUT2D eigenvalue weighted by atomic mass is 9.96. The van der Waals surface area contributed by atoms with E-state index in [1.54, 1.807) is 0 Å². The van der Waals surface area contributed by atoms with Gasteiger partial charge < -0.3 is 4.90 Å². The van der Waals surface area contributed by atoms with E-state index in [1.807, 2.05) is 16.8 Å². The molecule has 118 valence electrons. The molecule has 0 radical (unpaired) electrons. The van der Waals surface area contributed by atoms with Gasteiger partial charge in [0.1, 0.15) is 0 Å². The van der Waals surface area contributed by atoms with E-state index >= 15 is 0 Å². The molecule has 1 saturated carbocycles. The van der Waals surface area contributed by atoms with Crippen molar-refractivity contribution in [1.82, 2.24) is 28.6 Å². The van der Waals surface area contributed by atoms with Crippen LogP contribution in [0.2, 0.25) is 0 Å². The van der Waals surface area contributed by atoms with E-state index in [1.165, 1.54) is 30.3 Å². The Morgan fingerprint density at radius 3 is 2.61 bits per heavy atom. The summed E-state index contributed by atoms with van der Waals surface area (Å²) in [6, 6.07) is 4.15. The lowest BCUT2D eigenvalue weighted by Gasteiger charge is -2.30. The van der Waals surface area contributed by atoms with Gasteiger partial charge in [0.25, 0.3) is 0 Å². The van der Waals surface area contributed by atoms with Gasteiger partial charge in [0.2, 0.25) is 0 Å². The molecule has 7 nitrogen and oxygen atoms in total. The molecule has 2 aliphatic rings. The highest BCUT2D eigenvalue weighted by atomic mass is 32.1. The molecule has 4 heterocycles. The summed E-state index contributed by atoms with van der Waals surface area (Å²) >= 11 is 1.27. The number of hydrogen-bond acceptors (Lipinski definition) is 7. The van der Waals surface area contributed by atoms with Gasteiger partial charge in [-0.2, -0.15) is 18.4 Å². The molecular formula is C15H17N7S. The molecule has 0 unspecified atom stereocenters. The van der Waals surface area contributed by atoms with Crippen LogP contribution in [-0.2, 0) is 0 Å². The number of anilines is 1. The summed E-state index contributed by atoms with van der Waals surface area (Å²) in [5.41, 5.74) is 2.04. The van der Waals surface area contributed by atoms with Crippen LogP contribution in [0.1, 0.15) is 49.0 Å². The molecular weight excluding hydrogens is 310 g/mol. The topological polar surface area (TPSA) is 72.1 Å². The van der Waals surface area contributed by atoms with Crippen molar-refractivity contribution in [3.05, 3.63) is 29.8 Å². The van der Waals surface area contributed by atoms with E-state index < -0.39 is 0 Å². The first-order chi connectivity index (χ1) is 11.4. The second kappa shape index (κ2) is 5.23. The Balaban J connectivity index is 1.39. The van der Waals surface area contributed by atoms with Crippen LogP contribution in [0.3, 0.4) is 0 Å². The highest BCUT2D eigenvalue weighted by molar-refractivity contribution is 6.99. The minimum atomic E-state index is 0.412. The van der Waals surface area contributed by atoms with Crippen molar-refractivity contribution < 1.29 is 0 Å². The molecule has 0 atom stereocenters. The third-order valence-corrected chi connectivity index (χ3v) is 5.31. The third-order valence-electron chi connectivity index (χ3n) is 4.84. The van der Waals surface area contributed by atoms with Gasteiger partial charge in [0.15, 0.2) is 17.3 Å². The second-order valence-electron chi connectivity index (χ2n) is 6.39. The molecule has 1 aliphatic heterocycles. The molecule has 0 bridgehead atoms. The monoisotopic (exact) mass is 327 g/mol. The highest BCUT2D eigenvalue weighted by Gasteiger charge is 2.28. The van der Waals surface area contributed by atoms with Crippen molar-refractivity contribution in [3.63, 3.8) is 0 Å². The van der Waals surface area contributed by atoms with Crippen LogP contribution in [0.25, 0.3) is 5.65 Å². The first-order valence-corrected chi connectivity index (χ1v) is 8.86. The summed E-state index contributed by atoms with van der Waals surface area (Å²) in [4.78, 5) is 2.30. The number of hydrogen-bond donors (Lipinski definition) is 0. The summed E-state index contributed by atoms with van der Waals surface area (Å²) in [6.07, 6.45) is 6.47. The van der Waals surface area contributed by atoms with Gasteiger partial charge in [-0.3, -0.25) is 0 Å². The van der Waals surface area contributed by atoms with Crippen LogP contribution in [0.15, 0.2) is 18.3 Å². The smallest absolute Gasteiger partial charge is 0.177 e. The zero-order valence-corrected chi connectivity index (χ0v) is 13.5. The molecule has 2 fully saturated rings. The third kappa shape index (κ3) is 2.37.